The van der Waals surface area contributed by atoms with Gasteiger partial charge in [-0.1, -0.05) is 0 Å². The van der Waals surface area contributed by atoms with E-state index in [1.54, 1.807) is 0 Å². The lowest BCUT2D eigenvalue weighted by molar-refractivity contribution is -0.153. The highest BCUT2D eigenvalue weighted by Gasteiger charge is 2.35. The minimum atomic E-state index is -0.419. The zero-order valence-electron chi connectivity index (χ0n) is 11.4. The van der Waals surface area contributed by atoms with E-state index < -0.39 is 23.9 Å². The molecule has 2 heterocycles. The summed E-state index contributed by atoms with van der Waals surface area (Å²) in [6.45, 7) is 0. The first-order valence-corrected chi connectivity index (χ1v) is 7.05. The minimum absolute atomic E-state index is 0.412. The summed E-state index contributed by atoms with van der Waals surface area (Å²) >= 11 is 0. The Morgan fingerprint density at radius 1 is 0.476 bits per heavy atom. The Balaban J connectivity index is 0.000000126. The normalized spacial score (nSPS) is 23.6. The van der Waals surface area contributed by atoms with Crippen LogP contribution in [0.1, 0.15) is 44.9 Å². The van der Waals surface area contributed by atoms with E-state index in [-0.39, 0.29) is 0 Å². The molecule has 4 rings (SSSR count). The molecule has 0 radical (unpaired) electrons. The van der Waals surface area contributed by atoms with Gasteiger partial charge in [0.25, 0.3) is 0 Å². The van der Waals surface area contributed by atoms with Crippen LogP contribution in [0.5, 0.6) is 0 Å². The lowest BCUT2D eigenvalue weighted by atomic mass is 9.93. The predicted octanol–water partition coefficient (Wildman–Crippen LogP) is 1.49. The topological polar surface area (TPSA) is 86.7 Å². The Labute approximate surface area is 120 Å². The Hall–Kier alpha value is -2.24. The van der Waals surface area contributed by atoms with Crippen LogP contribution in [-0.4, -0.2) is 23.9 Å². The molecule has 0 saturated carbocycles. The summed E-state index contributed by atoms with van der Waals surface area (Å²) in [4.78, 5) is 43.4. The molecule has 2 aliphatic carbocycles. The summed E-state index contributed by atoms with van der Waals surface area (Å²) in [6.07, 6.45) is 5.81. The molecule has 0 bridgehead atoms. The molecule has 6 nitrogen and oxygen atoms in total. The van der Waals surface area contributed by atoms with Crippen LogP contribution in [0.4, 0.5) is 0 Å². The lowest BCUT2D eigenvalue weighted by Gasteiger charge is -2.07. The number of hydrogen-bond acceptors (Lipinski definition) is 6. The predicted molar refractivity (Wildman–Crippen MR) is 68.6 cm³/mol. The summed E-state index contributed by atoms with van der Waals surface area (Å²) in [5, 5.41) is 0. The van der Waals surface area contributed by atoms with Crippen molar-refractivity contribution in [1.29, 1.82) is 0 Å². The Morgan fingerprint density at radius 2 is 0.762 bits per heavy atom. The third kappa shape index (κ3) is 2.41. The van der Waals surface area contributed by atoms with E-state index in [2.05, 4.69) is 9.47 Å². The van der Waals surface area contributed by atoms with Crippen molar-refractivity contribution in [3.05, 3.63) is 22.3 Å². The highest BCUT2D eigenvalue weighted by Crippen LogP contribution is 2.32. The summed E-state index contributed by atoms with van der Waals surface area (Å²) < 4.78 is 8.83. The van der Waals surface area contributed by atoms with Gasteiger partial charge in [-0.3, -0.25) is 0 Å². The van der Waals surface area contributed by atoms with Gasteiger partial charge in [0, 0.05) is 22.3 Å². The molecule has 0 N–H and O–H groups in total. The van der Waals surface area contributed by atoms with Crippen molar-refractivity contribution < 1.29 is 28.7 Å². The third-order valence-electron chi connectivity index (χ3n) is 4.04. The van der Waals surface area contributed by atoms with E-state index in [1.807, 2.05) is 0 Å². The SMILES string of the molecule is O=C1OC(=O)C2=C1CCC2.O=C1OC(=O)C2=C1CCCC2. The number of carbonyl (C=O) groups is 4. The highest BCUT2D eigenvalue weighted by atomic mass is 16.6. The van der Waals surface area contributed by atoms with E-state index >= 15 is 0 Å². The van der Waals surface area contributed by atoms with Crippen LogP contribution in [0, 0.1) is 0 Å². The van der Waals surface area contributed by atoms with Gasteiger partial charge in [0.15, 0.2) is 0 Å². The summed E-state index contributed by atoms with van der Waals surface area (Å²) in [7, 11) is 0. The van der Waals surface area contributed by atoms with Gasteiger partial charge in [-0.15, -0.1) is 0 Å². The maximum atomic E-state index is 10.9. The van der Waals surface area contributed by atoms with Crippen molar-refractivity contribution >= 4 is 23.9 Å². The second-order valence-electron chi connectivity index (χ2n) is 5.33. The van der Waals surface area contributed by atoms with E-state index in [9.17, 15) is 19.2 Å². The lowest BCUT2D eigenvalue weighted by Crippen LogP contribution is -2.03. The van der Waals surface area contributed by atoms with Crippen LogP contribution in [0.15, 0.2) is 22.3 Å². The molecule has 0 aromatic carbocycles. The van der Waals surface area contributed by atoms with E-state index in [0.29, 0.717) is 22.3 Å². The maximum absolute atomic E-state index is 10.9. The molecule has 0 aromatic heterocycles. The number of hydrogen-bond donors (Lipinski definition) is 0. The number of esters is 4. The molecule has 21 heavy (non-hydrogen) atoms. The zero-order chi connectivity index (χ0) is 15.0. The molecule has 0 spiro atoms. The molecular weight excluding hydrogens is 276 g/mol. The molecule has 4 aliphatic rings. The molecular formula is C15H14O6. The molecule has 0 aromatic rings. The Kier molecular flexibility index (Phi) is 3.45. The third-order valence-corrected chi connectivity index (χ3v) is 4.04. The van der Waals surface area contributed by atoms with Gasteiger partial charge < -0.3 is 9.47 Å². The van der Waals surface area contributed by atoms with E-state index in [1.165, 1.54) is 0 Å². The molecule has 0 fully saturated rings. The average Bonchev–Trinajstić information content (AvgIpc) is 3.12. The summed E-state index contributed by atoms with van der Waals surface area (Å²) in [5.41, 5.74) is 2.48. The first-order valence-electron chi connectivity index (χ1n) is 7.05. The number of carbonyl (C=O) groups excluding carboxylic acids is 4. The molecule has 0 saturated heterocycles. The fraction of sp³-hybridized carbons (Fsp3) is 0.467. The second-order valence-corrected chi connectivity index (χ2v) is 5.33. The highest BCUT2D eigenvalue weighted by molar-refractivity contribution is 6.13. The number of rotatable bonds is 0. The molecule has 0 atom stereocenters. The van der Waals surface area contributed by atoms with Crippen LogP contribution in [0.3, 0.4) is 0 Å². The summed E-state index contributed by atoms with van der Waals surface area (Å²) in [5.74, 6) is -1.66. The molecule has 6 heteroatoms. The van der Waals surface area contributed by atoms with Crippen molar-refractivity contribution in [3.63, 3.8) is 0 Å². The van der Waals surface area contributed by atoms with Crippen molar-refractivity contribution in [2.24, 2.45) is 0 Å². The largest absolute Gasteiger partial charge is 0.386 e. The molecule has 0 unspecified atom stereocenters. The Bertz CT molecular complexity index is 572. The first-order chi connectivity index (χ1) is 10.1. The number of ether oxygens (including phenoxy) is 2. The average molecular weight is 290 g/mol. The molecule has 2 aliphatic heterocycles. The summed E-state index contributed by atoms with van der Waals surface area (Å²) in [6, 6.07) is 0. The molecule has 0 amide bonds. The van der Waals surface area contributed by atoms with Gasteiger partial charge in [0.2, 0.25) is 0 Å². The second kappa shape index (κ2) is 5.27. The fourth-order valence-corrected chi connectivity index (χ4v) is 2.96. The van der Waals surface area contributed by atoms with Gasteiger partial charge in [0.05, 0.1) is 0 Å². The van der Waals surface area contributed by atoms with Gasteiger partial charge in [0.1, 0.15) is 0 Å². The Morgan fingerprint density at radius 3 is 1.10 bits per heavy atom. The van der Waals surface area contributed by atoms with Gasteiger partial charge in [-0.2, -0.15) is 0 Å². The van der Waals surface area contributed by atoms with Gasteiger partial charge in [-0.05, 0) is 44.9 Å². The van der Waals surface area contributed by atoms with Crippen molar-refractivity contribution in [1.82, 2.24) is 0 Å². The van der Waals surface area contributed by atoms with Crippen LogP contribution in [0.2, 0.25) is 0 Å². The standard InChI is InChI=1S/C8H8O3.C7H6O3/c9-7-5-3-1-2-4-6(5)8(10)11-7;8-6-4-2-1-3-5(4)7(9)10-6/h1-4H2;1-3H2. The van der Waals surface area contributed by atoms with Crippen molar-refractivity contribution in [3.8, 4) is 0 Å². The van der Waals surface area contributed by atoms with Crippen molar-refractivity contribution in [2.75, 3.05) is 0 Å². The fourth-order valence-electron chi connectivity index (χ4n) is 2.96. The number of cyclic esters (lactones) is 4. The van der Waals surface area contributed by atoms with Crippen LogP contribution in [-0.2, 0) is 28.7 Å². The van der Waals surface area contributed by atoms with E-state index in [0.717, 1.165) is 44.9 Å². The zero-order valence-corrected chi connectivity index (χ0v) is 11.4. The minimum Gasteiger partial charge on any atom is -0.386 e. The van der Waals surface area contributed by atoms with Crippen LogP contribution in [0.25, 0.3) is 0 Å². The smallest absolute Gasteiger partial charge is 0.342 e. The molecule has 110 valence electrons. The maximum Gasteiger partial charge on any atom is 0.342 e. The monoisotopic (exact) mass is 290 g/mol. The van der Waals surface area contributed by atoms with Gasteiger partial charge >= 0.3 is 23.9 Å². The van der Waals surface area contributed by atoms with Crippen LogP contribution >= 0.6 is 0 Å². The first kappa shape index (κ1) is 13.7. The quantitative estimate of drug-likeness (QED) is 0.496. The van der Waals surface area contributed by atoms with Crippen LogP contribution < -0.4 is 0 Å². The van der Waals surface area contributed by atoms with Crippen molar-refractivity contribution in [2.45, 2.75) is 44.9 Å². The van der Waals surface area contributed by atoms with E-state index in [4.69, 9.17) is 0 Å². The van der Waals surface area contributed by atoms with Gasteiger partial charge in [-0.25, -0.2) is 19.2 Å².